The van der Waals surface area contributed by atoms with Gasteiger partial charge < -0.3 is 15.8 Å². The van der Waals surface area contributed by atoms with E-state index < -0.39 is 5.91 Å². The summed E-state index contributed by atoms with van der Waals surface area (Å²) in [6.45, 7) is 2.67. The van der Waals surface area contributed by atoms with Gasteiger partial charge in [0.25, 0.3) is 5.91 Å². The molecule has 1 amide bonds. The van der Waals surface area contributed by atoms with E-state index in [1.54, 1.807) is 0 Å². The van der Waals surface area contributed by atoms with Crippen molar-refractivity contribution in [1.29, 1.82) is 0 Å². The predicted octanol–water partition coefficient (Wildman–Crippen LogP) is 3.23. The number of rotatable bonds is 6. The maximum Gasteiger partial charge on any atom is 0.255 e. The summed E-state index contributed by atoms with van der Waals surface area (Å²) in [7, 11) is 0. The molecule has 0 atom stereocenters. The lowest BCUT2D eigenvalue weighted by molar-refractivity contribution is -0.119. The first kappa shape index (κ1) is 15.4. The van der Waals surface area contributed by atoms with Crippen LogP contribution in [0.2, 0.25) is 0 Å². The highest BCUT2D eigenvalue weighted by atomic mass is 79.9. The fraction of sp³-hybridized carbons (Fsp3) is 0.188. The molecule has 5 heteroatoms. The third-order valence-electron chi connectivity index (χ3n) is 2.96. The van der Waals surface area contributed by atoms with Crippen LogP contribution in [0, 0.1) is 6.92 Å². The van der Waals surface area contributed by atoms with Crippen LogP contribution in [0.5, 0.6) is 5.75 Å². The average Bonchev–Trinajstić information content (AvgIpc) is 2.47. The first-order chi connectivity index (χ1) is 10.0. The van der Waals surface area contributed by atoms with Gasteiger partial charge in [0.1, 0.15) is 5.75 Å². The molecule has 2 aromatic carbocycles. The average molecular weight is 349 g/mol. The van der Waals surface area contributed by atoms with Crippen molar-refractivity contribution >= 4 is 27.5 Å². The molecule has 4 nitrogen and oxygen atoms in total. The number of carbonyl (C=O) groups is 1. The van der Waals surface area contributed by atoms with Crippen molar-refractivity contribution < 1.29 is 9.53 Å². The molecule has 2 rings (SSSR count). The van der Waals surface area contributed by atoms with Crippen molar-refractivity contribution in [3.05, 3.63) is 58.1 Å². The summed E-state index contributed by atoms with van der Waals surface area (Å²) in [5.74, 6) is 0.156. The van der Waals surface area contributed by atoms with Crippen molar-refractivity contribution in [2.24, 2.45) is 5.73 Å². The van der Waals surface area contributed by atoms with Crippen molar-refractivity contribution in [1.82, 2.24) is 0 Å². The van der Waals surface area contributed by atoms with E-state index in [-0.39, 0.29) is 6.61 Å². The number of nitrogens with two attached hydrogens (primary N) is 1. The molecular weight excluding hydrogens is 332 g/mol. The number of hydrogen-bond acceptors (Lipinski definition) is 3. The Hall–Kier alpha value is -2.01. The van der Waals surface area contributed by atoms with Gasteiger partial charge in [-0.15, -0.1) is 0 Å². The summed E-state index contributed by atoms with van der Waals surface area (Å²) in [6, 6.07) is 13.7. The number of aryl methyl sites for hydroxylation is 1. The summed E-state index contributed by atoms with van der Waals surface area (Å²) >= 11 is 3.48. The molecule has 0 saturated carbocycles. The van der Waals surface area contributed by atoms with Gasteiger partial charge in [-0.25, -0.2) is 0 Å². The smallest absolute Gasteiger partial charge is 0.255 e. The molecule has 0 radical (unpaired) electrons. The number of ether oxygens (including phenoxy) is 1. The van der Waals surface area contributed by atoms with Gasteiger partial charge in [-0.3, -0.25) is 4.79 Å². The lowest BCUT2D eigenvalue weighted by atomic mass is 10.2. The van der Waals surface area contributed by atoms with E-state index in [1.165, 1.54) is 5.56 Å². The van der Waals surface area contributed by atoms with Crippen molar-refractivity contribution in [2.45, 2.75) is 13.5 Å². The molecule has 0 fully saturated rings. The van der Waals surface area contributed by atoms with Crippen LogP contribution < -0.4 is 15.8 Å². The maximum absolute atomic E-state index is 10.6. The van der Waals surface area contributed by atoms with Crippen molar-refractivity contribution in [2.75, 3.05) is 11.9 Å². The molecule has 21 heavy (non-hydrogen) atoms. The topological polar surface area (TPSA) is 64.3 Å². The first-order valence-electron chi connectivity index (χ1n) is 6.54. The summed E-state index contributed by atoms with van der Waals surface area (Å²) < 4.78 is 6.31. The third kappa shape index (κ3) is 4.79. The Bertz CT molecular complexity index is 627. The van der Waals surface area contributed by atoms with Gasteiger partial charge in [-0.05, 0) is 48.4 Å². The molecule has 0 spiro atoms. The van der Waals surface area contributed by atoms with Crippen LogP contribution in [-0.2, 0) is 11.3 Å². The molecular formula is C16H17BrN2O2. The molecule has 0 heterocycles. The quantitative estimate of drug-likeness (QED) is 0.842. The zero-order valence-corrected chi connectivity index (χ0v) is 13.3. The fourth-order valence-electron chi connectivity index (χ4n) is 1.82. The van der Waals surface area contributed by atoms with Crippen molar-refractivity contribution in [3.63, 3.8) is 0 Å². The van der Waals surface area contributed by atoms with Gasteiger partial charge in [0, 0.05) is 16.7 Å². The van der Waals surface area contributed by atoms with Crippen LogP contribution in [0.25, 0.3) is 0 Å². The molecule has 0 bridgehead atoms. The molecule has 0 aromatic heterocycles. The summed E-state index contributed by atoms with van der Waals surface area (Å²) in [5, 5.41) is 3.36. The maximum atomic E-state index is 10.6. The number of amides is 1. The Morgan fingerprint density at radius 1 is 1.24 bits per heavy atom. The second kappa shape index (κ2) is 7.13. The Balaban J connectivity index is 1.91. The Morgan fingerprint density at radius 2 is 1.95 bits per heavy atom. The summed E-state index contributed by atoms with van der Waals surface area (Å²) in [5.41, 5.74) is 8.42. The van der Waals surface area contributed by atoms with Gasteiger partial charge >= 0.3 is 0 Å². The number of nitrogens with one attached hydrogen (secondary N) is 1. The number of hydrogen-bond donors (Lipinski definition) is 2. The highest BCUT2D eigenvalue weighted by Gasteiger charge is 2.00. The van der Waals surface area contributed by atoms with Crippen LogP contribution >= 0.6 is 15.9 Å². The molecule has 3 N–H and O–H groups in total. The van der Waals surface area contributed by atoms with E-state index >= 15 is 0 Å². The van der Waals surface area contributed by atoms with Gasteiger partial charge in [0.05, 0.1) is 0 Å². The van der Waals surface area contributed by atoms with E-state index in [9.17, 15) is 4.79 Å². The van der Waals surface area contributed by atoms with Crippen molar-refractivity contribution in [3.8, 4) is 5.75 Å². The molecule has 0 aliphatic rings. The Morgan fingerprint density at radius 3 is 2.57 bits per heavy atom. The number of benzene rings is 2. The molecule has 0 saturated heterocycles. The van der Waals surface area contributed by atoms with E-state index in [2.05, 4.69) is 34.2 Å². The Labute approximate surface area is 132 Å². The van der Waals surface area contributed by atoms with E-state index in [1.807, 2.05) is 36.4 Å². The van der Waals surface area contributed by atoms with Gasteiger partial charge in [-0.1, -0.05) is 28.1 Å². The Kier molecular flexibility index (Phi) is 5.22. The minimum atomic E-state index is -0.480. The zero-order valence-electron chi connectivity index (χ0n) is 11.7. The molecule has 110 valence electrons. The zero-order chi connectivity index (χ0) is 15.2. The highest BCUT2D eigenvalue weighted by molar-refractivity contribution is 9.10. The van der Waals surface area contributed by atoms with Gasteiger partial charge in [0.2, 0.25) is 0 Å². The second-order valence-corrected chi connectivity index (χ2v) is 5.57. The largest absolute Gasteiger partial charge is 0.484 e. The van der Waals surface area contributed by atoms with Crippen LogP contribution in [0.3, 0.4) is 0 Å². The fourth-order valence-corrected chi connectivity index (χ4v) is 2.06. The molecule has 2 aromatic rings. The molecule has 0 unspecified atom stereocenters. The van der Waals surface area contributed by atoms with Crippen LogP contribution in [0.1, 0.15) is 11.1 Å². The van der Waals surface area contributed by atoms with Gasteiger partial charge in [-0.2, -0.15) is 0 Å². The van der Waals surface area contributed by atoms with Gasteiger partial charge in [0.15, 0.2) is 6.61 Å². The number of carbonyl (C=O) groups excluding carboxylic acids is 1. The SMILES string of the molecule is Cc1cc(NCc2ccc(OCC(N)=O)cc2)ccc1Br. The lowest BCUT2D eigenvalue weighted by Crippen LogP contribution is -2.19. The number of halogens is 1. The minimum Gasteiger partial charge on any atom is -0.484 e. The molecule has 0 aliphatic carbocycles. The lowest BCUT2D eigenvalue weighted by Gasteiger charge is -2.09. The first-order valence-corrected chi connectivity index (χ1v) is 7.34. The standard InChI is InChI=1S/C16H17BrN2O2/c1-11-8-13(4-7-15(11)17)19-9-12-2-5-14(6-3-12)21-10-16(18)20/h2-8,19H,9-10H2,1H3,(H2,18,20). The number of anilines is 1. The number of primary amides is 1. The predicted molar refractivity (Wildman–Crippen MR) is 87.3 cm³/mol. The van der Waals surface area contributed by atoms with Crippen LogP contribution in [-0.4, -0.2) is 12.5 Å². The normalized spacial score (nSPS) is 10.2. The summed E-state index contributed by atoms with van der Waals surface area (Å²) in [6.07, 6.45) is 0. The monoisotopic (exact) mass is 348 g/mol. The summed E-state index contributed by atoms with van der Waals surface area (Å²) in [4.78, 5) is 10.6. The van der Waals surface area contributed by atoms with E-state index in [0.29, 0.717) is 5.75 Å². The molecule has 0 aliphatic heterocycles. The minimum absolute atomic E-state index is 0.101. The van der Waals surface area contributed by atoms with Crippen LogP contribution in [0.4, 0.5) is 5.69 Å². The van der Waals surface area contributed by atoms with Crippen LogP contribution in [0.15, 0.2) is 46.9 Å². The van der Waals surface area contributed by atoms with E-state index in [0.717, 1.165) is 22.3 Å². The second-order valence-electron chi connectivity index (χ2n) is 4.72. The van der Waals surface area contributed by atoms with E-state index in [4.69, 9.17) is 10.5 Å². The third-order valence-corrected chi connectivity index (χ3v) is 3.85. The highest BCUT2D eigenvalue weighted by Crippen LogP contribution is 2.20.